The average Bonchev–Trinajstić information content (AvgIpc) is 3.25. The Bertz CT molecular complexity index is 2860. The first kappa shape index (κ1) is 31.5. The van der Waals surface area contributed by atoms with E-state index in [0.717, 1.165) is 66.9 Å². The fourth-order valence-corrected chi connectivity index (χ4v) is 7.54. The van der Waals surface area contributed by atoms with Gasteiger partial charge in [-0.15, -0.1) is 0 Å². The second kappa shape index (κ2) is 13.4. The third-order valence-corrected chi connectivity index (χ3v) is 10.2. The van der Waals surface area contributed by atoms with Crippen LogP contribution in [0.4, 0.5) is 0 Å². The molecule has 0 aliphatic heterocycles. The van der Waals surface area contributed by atoms with Crippen molar-refractivity contribution >= 4 is 32.4 Å². The van der Waals surface area contributed by atoms with Crippen molar-refractivity contribution in [1.29, 1.82) is 0 Å². The Morgan fingerprint density at radius 3 is 1.41 bits per heavy atom. The van der Waals surface area contributed by atoms with Crippen LogP contribution in [0.2, 0.25) is 0 Å². The van der Waals surface area contributed by atoms with E-state index in [1.807, 2.05) is 24.3 Å². The van der Waals surface area contributed by atoms with Gasteiger partial charge in [-0.1, -0.05) is 158 Å². The number of para-hydroxylation sites is 1. The van der Waals surface area contributed by atoms with Gasteiger partial charge in [0, 0.05) is 27.6 Å². The molecule has 0 unspecified atom stereocenters. The molecular formula is C51H33N3. The summed E-state index contributed by atoms with van der Waals surface area (Å²) in [6.45, 7) is 0. The molecule has 0 saturated heterocycles. The van der Waals surface area contributed by atoms with Crippen molar-refractivity contribution < 1.29 is 0 Å². The van der Waals surface area contributed by atoms with Crippen LogP contribution in [0, 0.1) is 0 Å². The highest BCUT2D eigenvalue weighted by Gasteiger charge is 2.17. The highest BCUT2D eigenvalue weighted by Crippen LogP contribution is 2.41. The third kappa shape index (κ3) is 5.88. The van der Waals surface area contributed by atoms with Crippen molar-refractivity contribution in [3.05, 3.63) is 200 Å². The standard InChI is InChI=1S/C51H33N3/c1-3-13-35(14-4-1)48-33-49(36-15-5-2-6-16-36)54-51(53-48)43-31-41(34-23-25-38(26-24-34)47-28-27-37-17-9-12-22-46(37)52-47)30-42(32-43)50-44-20-10-7-18-39(44)29-40-19-8-11-21-45(40)50/h1-33H. The van der Waals surface area contributed by atoms with Gasteiger partial charge in [-0.25, -0.2) is 15.0 Å². The zero-order chi connectivity index (χ0) is 35.8. The Balaban J connectivity index is 1.20. The summed E-state index contributed by atoms with van der Waals surface area (Å²) in [6.07, 6.45) is 0. The normalized spacial score (nSPS) is 11.3. The Labute approximate surface area is 313 Å². The van der Waals surface area contributed by atoms with Crippen LogP contribution >= 0.6 is 0 Å². The van der Waals surface area contributed by atoms with Crippen molar-refractivity contribution in [3.8, 4) is 67.4 Å². The summed E-state index contributed by atoms with van der Waals surface area (Å²) in [4.78, 5) is 15.5. The van der Waals surface area contributed by atoms with Crippen LogP contribution < -0.4 is 0 Å². The van der Waals surface area contributed by atoms with E-state index in [0.29, 0.717) is 5.82 Å². The van der Waals surface area contributed by atoms with E-state index in [1.54, 1.807) is 0 Å². The smallest absolute Gasteiger partial charge is 0.160 e. The van der Waals surface area contributed by atoms with Crippen LogP contribution in [0.3, 0.4) is 0 Å². The predicted molar refractivity (Wildman–Crippen MR) is 225 cm³/mol. The topological polar surface area (TPSA) is 38.7 Å². The molecule has 0 aliphatic rings. The Morgan fingerprint density at radius 2 is 0.759 bits per heavy atom. The molecule has 0 radical (unpaired) electrons. The Hall–Kier alpha value is -7.23. The predicted octanol–water partition coefficient (Wildman–Crippen LogP) is 13.3. The van der Waals surface area contributed by atoms with Gasteiger partial charge in [-0.3, -0.25) is 0 Å². The lowest BCUT2D eigenvalue weighted by atomic mass is 9.89. The highest BCUT2D eigenvalue weighted by atomic mass is 14.9. The summed E-state index contributed by atoms with van der Waals surface area (Å²) in [5.74, 6) is 0.680. The monoisotopic (exact) mass is 687 g/mol. The van der Waals surface area contributed by atoms with Crippen molar-refractivity contribution in [2.24, 2.45) is 0 Å². The van der Waals surface area contributed by atoms with Gasteiger partial charge < -0.3 is 0 Å². The second-order valence-electron chi connectivity index (χ2n) is 13.7. The van der Waals surface area contributed by atoms with Crippen LogP contribution in [0.15, 0.2) is 200 Å². The quantitative estimate of drug-likeness (QED) is 0.163. The van der Waals surface area contributed by atoms with E-state index in [-0.39, 0.29) is 0 Å². The maximum absolute atomic E-state index is 5.25. The lowest BCUT2D eigenvalue weighted by Gasteiger charge is -2.16. The van der Waals surface area contributed by atoms with Crippen molar-refractivity contribution in [3.63, 3.8) is 0 Å². The minimum atomic E-state index is 0.680. The molecule has 0 fully saturated rings. The summed E-state index contributed by atoms with van der Waals surface area (Å²) in [5, 5.41) is 5.97. The van der Waals surface area contributed by atoms with Gasteiger partial charge in [0.05, 0.1) is 22.6 Å². The zero-order valence-electron chi connectivity index (χ0n) is 29.4. The molecule has 252 valence electrons. The van der Waals surface area contributed by atoms with Crippen molar-refractivity contribution in [2.45, 2.75) is 0 Å². The lowest BCUT2D eigenvalue weighted by Crippen LogP contribution is -1.97. The zero-order valence-corrected chi connectivity index (χ0v) is 29.4. The number of hydrogen-bond acceptors (Lipinski definition) is 3. The summed E-state index contributed by atoms with van der Waals surface area (Å²) >= 11 is 0. The maximum atomic E-state index is 5.25. The molecule has 0 spiro atoms. The largest absolute Gasteiger partial charge is 0.248 e. The molecule has 8 aromatic carbocycles. The van der Waals surface area contributed by atoms with Crippen LogP contribution in [0.1, 0.15) is 0 Å². The van der Waals surface area contributed by atoms with Crippen LogP contribution in [-0.4, -0.2) is 15.0 Å². The molecule has 3 nitrogen and oxygen atoms in total. The van der Waals surface area contributed by atoms with E-state index in [2.05, 4.69) is 176 Å². The fourth-order valence-electron chi connectivity index (χ4n) is 7.54. The highest BCUT2D eigenvalue weighted by molar-refractivity contribution is 6.13. The van der Waals surface area contributed by atoms with E-state index in [4.69, 9.17) is 15.0 Å². The lowest BCUT2D eigenvalue weighted by molar-refractivity contribution is 1.18. The van der Waals surface area contributed by atoms with Crippen molar-refractivity contribution in [1.82, 2.24) is 15.0 Å². The number of nitrogens with zero attached hydrogens (tertiary/aromatic N) is 3. The van der Waals surface area contributed by atoms with E-state index in [1.165, 1.54) is 27.1 Å². The van der Waals surface area contributed by atoms with E-state index >= 15 is 0 Å². The molecule has 0 bridgehead atoms. The van der Waals surface area contributed by atoms with Gasteiger partial charge in [0.15, 0.2) is 5.82 Å². The van der Waals surface area contributed by atoms with Gasteiger partial charge in [0.2, 0.25) is 0 Å². The average molecular weight is 688 g/mol. The van der Waals surface area contributed by atoms with Gasteiger partial charge in [-0.2, -0.15) is 0 Å². The number of fused-ring (bicyclic) bond motifs is 3. The summed E-state index contributed by atoms with van der Waals surface area (Å²) in [5.41, 5.74) is 12.4. The number of hydrogen-bond donors (Lipinski definition) is 0. The van der Waals surface area contributed by atoms with Crippen LogP contribution in [0.25, 0.3) is 99.9 Å². The molecule has 2 heterocycles. The summed E-state index contributed by atoms with van der Waals surface area (Å²) in [7, 11) is 0. The molecular weight excluding hydrogens is 655 g/mol. The number of benzene rings is 8. The molecule has 3 heteroatoms. The molecule has 2 aromatic heterocycles. The number of rotatable bonds is 6. The number of pyridine rings is 1. The molecule has 0 N–H and O–H groups in total. The van der Waals surface area contributed by atoms with Gasteiger partial charge in [0.25, 0.3) is 0 Å². The van der Waals surface area contributed by atoms with E-state index in [9.17, 15) is 0 Å². The molecule has 10 rings (SSSR count). The second-order valence-corrected chi connectivity index (χ2v) is 13.7. The molecule has 10 aromatic rings. The first-order chi connectivity index (χ1) is 26.7. The summed E-state index contributed by atoms with van der Waals surface area (Å²) < 4.78 is 0. The van der Waals surface area contributed by atoms with E-state index < -0.39 is 0 Å². The minimum Gasteiger partial charge on any atom is -0.248 e. The van der Waals surface area contributed by atoms with Crippen LogP contribution in [-0.2, 0) is 0 Å². The Morgan fingerprint density at radius 1 is 0.259 bits per heavy atom. The third-order valence-electron chi connectivity index (χ3n) is 10.2. The SMILES string of the molecule is c1ccc(-c2cc(-c3ccccc3)nc(-c3cc(-c4ccc(-c5ccc6ccccc6n5)cc4)cc(-c4c5ccccc5cc5ccccc45)c3)n2)cc1. The van der Waals surface area contributed by atoms with Gasteiger partial charge >= 0.3 is 0 Å². The maximum Gasteiger partial charge on any atom is 0.160 e. The fraction of sp³-hybridized carbons (Fsp3) is 0. The van der Waals surface area contributed by atoms with Gasteiger partial charge in [0.1, 0.15) is 0 Å². The molecule has 0 saturated carbocycles. The van der Waals surface area contributed by atoms with Gasteiger partial charge in [-0.05, 0) is 86.3 Å². The molecule has 54 heavy (non-hydrogen) atoms. The molecule has 0 aliphatic carbocycles. The molecule has 0 atom stereocenters. The van der Waals surface area contributed by atoms with Crippen LogP contribution in [0.5, 0.6) is 0 Å². The summed E-state index contributed by atoms with van der Waals surface area (Å²) in [6, 6.07) is 70.5. The minimum absolute atomic E-state index is 0.680. The molecule has 0 amide bonds. The first-order valence-electron chi connectivity index (χ1n) is 18.3. The Kier molecular flexibility index (Phi) is 7.81. The number of aromatic nitrogens is 3. The van der Waals surface area contributed by atoms with Crippen molar-refractivity contribution in [2.75, 3.05) is 0 Å². The first-order valence-corrected chi connectivity index (χ1v) is 18.3.